The monoisotopic (exact) mass is 354 g/mol. The van der Waals surface area contributed by atoms with Crippen molar-refractivity contribution in [2.45, 2.75) is 52.1 Å². The summed E-state index contributed by atoms with van der Waals surface area (Å²) < 4.78 is 3.18. The highest BCUT2D eigenvalue weighted by Gasteiger charge is 2.36. The highest BCUT2D eigenvalue weighted by molar-refractivity contribution is 5.81. The summed E-state index contributed by atoms with van der Waals surface area (Å²) in [6, 6.07) is 7.73. The second kappa shape index (κ2) is 6.74. The van der Waals surface area contributed by atoms with Crippen LogP contribution < -0.4 is 5.69 Å². The molecule has 6 nitrogen and oxygen atoms in total. The van der Waals surface area contributed by atoms with Crippen molar-refractivity contribution < 1.29 is 4.79 Å². The van der Waals surface area contributed by atoms with Crippen molar-refractivity contribution in [2.75, 3.05) is 13.1 Å². The molecule has 1 aromatic carbocycles. The maximum Gasteiger partial charge on any atom is 0.346 e. The fourth-order valence-corrected chi connectivity index (χ4v) is 4.13. The fourth-order valence-electron chi connectivity index (χ4n) is 4.13. The van der Waals surface area contributed by atoms with E-state index in [4.69, 9.17) is 0 Å². The summed E-state index contributed by atoms with van der Waals surface area (Å²) in [5.41, 5.74) is 2.07. The van der Waals surface area contributed by atoms with E-state index in [2.05, 4.69) is 12.0 Å². The minimum Gasteiger partial charge on any atom is -0.341 e. The van der Waals surface area contributed by atoms with Gasteiger partial charge in [-0.3, -0.25) is 9.36 Å². The summed E-state index contributed by atoms with van der Waals surface area (Å²) in [6.45, 7) is 6.24. The number of hydrogen-bond donors (Lipinski definition) is 0. The zero-order valence-corrected chi connectivity index (χ0v) is 15.5. The zero-order valence-electron chi connectivity index (χ0n) is 15.5. The largest absolute Gasteiger partial charge is 0.346 e. The average Bonchev–Trinajstić information content (AvgIpc) is 3.25. The average molecular weight is 354 g/mol. The number of likely N-dealkylation sites (tertiary alicyclic amines) is 1. The molecule has 0 radical (unpaired) electrons. The van der Waals surface area contributed by atoms with Gasteiger partial charge in [0, 0.05) is 19.5 Å². The van der Waals surface area contributed by atoms with Crippen LogP contribution in [0.4, 0.5) is 0 Å². The molecule has 0 saturated carbocycles. The Labute approximate surface area is 153 Å². The van der Waals surface area contributed by atoms with Crippen LogP contribution in [0.2, 0.25) is 0 Å². The minimum atomic E-state index is -0.397. The van der Waals surface area contributed by atoms with Crippen molar-refractivity contribution in [3.8, 4) is 0 Å². The number of amides is 1. The molecular weight excluding hydrogens is 328 g/mol. The molecule has 2 aliphatic rings. The van der Waals surface area contributed by atoms with Crippen LogP contribution in [0, 0.1) is 12.8 Å². The minimum absolute atomic E-state index is 0.0901. The SMILES string of the molecule is Cc1ccc(Cn2nc3n(c2=O)[C@@H](C(=O)N2CCCC2)C[C@@H](C)C3)cc1. The summed E-state index contributed by atoms with van der Waals surface area (Å²) in [4.78, 5) is 27.9. The summed E-state index contributed by atoms with van der Waals surface area (Å²) in [6.07, 6.45) is 3.59. The highest BCUT2D eigenvalue weighted by Crippen LogP contribution is 2.29. The van der Waals surface area contributed by atoms with E-state index in [1.165, 1.54) is 10.2 Å². The maximum atomic E-state index is 13.0. The highest BCUT2D eigenvalue weighted by atomic mass is 16.2. The Hall–Kier alpha value is -2.37. The van der Waals surface area contributed by atoms with Gasteiger partial charge in [0.05, 0.1) is 6.54 Å². The first kappa shape index (κ1) is 17.1. The van der Waals surface area contributed by atoms with Crippen LogP contribution in [0.15, 0.2) is 29.1 Å². The van der Waals surface area contributed by atoms with Gasteiger partial charge in [0.1, 0.15) is 11.9 Å². The molecule has 4 rings (SSSR count). The van der Waals surface area contributed by atoms with Gasteiger partial charge in [-0.15, -0.1) is 0 Å². The van der Waals surface area contributed by atoms with Gasteiger partial charge in [-0.25, -0.2) is 9.48 Å². The fraction of sp³-hybridized carbons (Fsp3) is 0.550. The van der Waals surface area contributed by atoms with Crippen molar-refractivity contribution in [3.05, 3.63) is 51.7 Å². The Morgan fingerprint density at radius 2 is 1.88 bits per heavy atom. The Morgan fingerprint density at radius 3 is 2.58 bits per heavy atom. The van der Waals surface area contributed by atoms with Crippen LogP contribution >= 0.6 is 0 Å². The zero-order chi connectivity index (χ0) is 18.3. The van der Waals surface area contributed by atoms with Gasteiger partial charge in [0.2, 0.25) is 5.91 Å². The maximum absolute atomic E-state index is 13.0. The first-order chi connectivity index (χ1) is 12.5. The molecule has 0 bridgehead atoms. The van der Waals surface area contributed by atoms with Crippen LogP contribution in [0.5, 0.6) is 0 Å². The lowest BCUT2D eigenvalue weighted by Gasteiger charge is -2.30. The van der Waals surface area contributed by atoms with Crippen molar-refractivity contribution in [1.29, 1.82) is 0 Å². The molecule has 1 aromatic heterocycles. The van der Waals surface area contributed by atoms with E-state index in [0.717, 1.165) is 50.2 Å². The molecule has 138 valence electrons. The molecule has 0 aliphatic carbocycles. The van der Waals surface area contributed by atoms with E-state index in [1.54, 1.807) is 4.57 Å². The molecule has 2 aliphatic heterocycles. The molecule has 1 amide bonds. The van der Waals surface area contributed by atoms with Crippen LogP contribution in [0.1, 0.15) is 49.2 Å². The topological polar surface area (TPSA) is 60.1 Å². The Kier molecular flexibility index (Phi) is 4.42. The van der Waals surface area contributed by atoms with Crippen LogP contribution in [-0.2, 0) is 17.8 Å². The van der Waals surface area contributed by atoms with E-state index in [1.807, 2.05) is 36.1 Å². The van der Waals surface area contributed by atoms with Gasteiger partial charge in [-0.1, -0.05) is 36.8 Å². The molecular formula is C20H26N4O2. The lowest BCUT2D eigenvalue weighted by molar-refractivity contribution is -0.134. The predicted octanol–water partition coefficient (Wildman–Crippen LogP) is 2.15. The van der Waals surface area contributed by atoms with Gasteiger partial charge in [0.25, 0.3) is 0 Å². The molecule has 2 atom stereocenters. The van der Waals surface area contributed by atoms with Crippen LogP contribution in [0.3, 0.4) is 0 Å². The van der Waals surface area contributed by atoms with Crippen molar-refractivity contribution >= 4 is 5.91 Å². The quantitative estimate of drug-likeness (QED) is 0.848. The predicted molar refractivity (Wildman–Crippen MR) is 99.1 cm³/mol. The number of fused-ring (bicyclic) bond motifs is 1. The lowest BCUT2D eigenvalue weighted by atomic mass is 9.93. The van der Waals surface area contributed by atoms with Gasteiger partial charge in [0.15, 0.2) is 0 Å². The van der Waals surface area contributed by atoms with Gasteiger partial charge >= 0.3 is 5.69 Å². The molecule has 2 aromatic rings. The molecule has 1 fully saturated rings. The van der Waals surface area contributed by atoms with Gasteiger partial charge in [-0.2, -0.15) is 5.10 Å². The first-order valence-corrected chi connectivity index (χ1v) is 9.55. The van der Waals surface area contributed by atoms with Crippen molar-refractivity contribution in [2.24, 2.45) is 5.92 Å². The Morgan fingerprint density at radius 1 is 1.19 bits per heavy atom. The molecule has 1 saturated heterocycles. The van der Waals surface area contributed by atoms with E-state index in [9.17, 15) is 9.59 Å². The number of aryl methyl sites for hydroxylation is 1. The number of hydrogen-bond acceptors (Lipinski definition) is 3. The lowest BCUT2D eigenvalue weighted by Crippen LogP contribution is -2.42. The molecule has 0 unspecified atom stereocenters. The molecule has 26 heavy (non-hydrogen) atoms. The van der Waals surface area contributed by atoms with E-state index < -0.39 is 6.04 Å². The van der Waals surface area contributed by atoms with Gasteiger partial charge in [-0.05, 0) is 37.7 Å². The van der Waals surface area contributed by atoms with Crippen molar-refractivity contribution in [3.63, 3.8) is 0 Å². The van der Waals surface area contributed by atoms with Crippen LogP contribution in [-0.4, -0.2) is 38.2 Å². The Balaban J connectivity index is 1.66. The van der Waals surface area contributed by atoms with Crippen LogP contribution in [0.25, 0.3) is 0 Å². The molecule has 3 heterocycles. The normalized spacial score (nSPS) is 22.5. The third-order valence-corrected chi connectivity index (χ3v) is 5.57. The third-order valence-electron chi connectivity index (χ3n) is 5.57. The summed E-state index contributed by atoms with van der Waals surface area (Å²) in [5.74, 6) is 1.19. The summed E-state index contributed by atoms with van der Waals surface area (Å²) in [5, 5.41) is 4.57. The molecule has 0 N–H and O–H groups in total. The Bertz CT molecular complexity index is 859. The second-order valence-corrected chi connectivity index (χ2v) is 7.81. The number of carbonyl (C=O) groups is 1. The van der Waals surface area contributed by atoms with Gasteiger partial charge < -0.3 is 4.90 Å². The first-order valence-electron chi connectivity index (χ1n) is 9.55. The second-order valence-electron chi connectivity index (χ2n) is 7.81. The summed E-state index contributed by atoms with van der Waals surface area (Å²) in [7, 11) is 0. The number of nitrogens with zero attached hydrogens (tertiary/aromatic N) is 4. The summed E-state index contributed by atoms with van der Waals surface area (Å²) >= 11 is 0. The smallest absolute Gasteiger partial charge is 0.341 e. The van der Waals surface area contributed by atoms with E-state index >= 15 is 0 Å². The third kappa shape index (κ3) is 3.08. The molecule has 0 spiro atoms. The number of carbonyl (C=O) groups excluding carboxylic acids is 1. The standard InChI is InChI=1S/C20H26N4O2/c1-14-5-7-16(8-6-14)13-23-20(26)24-17(11-15(2)12-18(24)21-23)19(25)22-9-3-4-10-22/h5-8,15,17H,3-4,9-13H2,1-2H3/t15-,17-/m1/s1. The van der Waals surface area contributed by atoms with E-state index in [0.29, 0.717) is 12.5 Å². The van der Waals surface area contributed by atoms with Crippen molar-refractivity contribution in [1.82, 2.24) is 19.2 Å². The van der Waals surface area contributed by atoms with E-state index in [-0.39, 0.29) is 11.6 Å². The number of aromatic nitrogens is 3. The number of rotatable bonds is 3. The molecule has 6 heteroatoms. The number of benzene rings is 1.